The highest BCUT2D eigenvalue weighted by atomic mass is 35.5. The predicted molar refractivity (Wildman–Crippen MR) is 113 cm³/mol. The zero-order valence-corrected chi connectivity index (χ0v) is 16.9. The topological polar surface area (TPSA) is 41.9 Å². The minimum atomic E-state index is -0.243. The van der Waals surface area contributed by atoms with Crippen molar-refractivity contribution in [3.8, 4) is 0 Å². The molecule has 0 fully saturated rings. The van der Waals surface area contributed by atoms with Crippen molar-refractivity contribution in [2.24, 2.45) is 0 Å². The fourth-order valence-electron chi connectivity index (χ4n) is 2.77. The van der Waals surface area contributed by atoms with Gasteiger partial charge in [0, 0.05) is 16.3 Å². The van der Waals surface area contributed by atoms with Crippen LogP contribution < -0.4 is 10.6 Å². The van der Waals surface area contributed by atoms with Crippen LogP contribution in [0.3, 0.4) is 0 Å². The number of rotatable bonds is 4. The Balaban J connectivity index is 1.75. The minimum Gasteiger partial charge on any atom is -0.332 e. The molecule has 0 aliphatic rings. The molecule has 0 aliphatic carbocycles. The van der Waals surface area contributed by atoms with E-state index in [0.29, 0.717) is 22.2 Å². The SMILES string of the molecule is Cc1ccc(NC(=S)Nc2c(C)nn(Cc3ccccc3F)c2C)cc1Cl. The van der Waals surface area contributed by atoms with Gasteiger partial charge in [0.1, 0.15) is 5.82 Å². The van der Waals surface area contributed by atoms with Crippen LogP contribution in [-0.4, -0.2) is 14.9 Å². The molecule has 7 heteroatoms. The molecule has 0 unspecified atom stereocenters. The van der Waals surface area contributed by atoms with E-state index >= 15 is 0 Å². The first-order chi connectivity index (χ1) is 12.8. The summed E-state index contributed by atoms with van der Waals surface area (Å²) in [6, 6.07) is 12.4. The molecule has 27 heavy (non-hydrogen) atoms. The van der Waals surface area contributed by atoms with Crippen molar-refractivity contribution in [3.63, 3.8) is 0 Å². The van der Waals surface area contributed by atoms with Crippen LogP contribution in [0.25, 0.3) is 0 Å². The van der Waals surface area contributed by atoms with E-state index < -0.39 is 0 Å². The molecule has 3 rings (SSSR count). The lowest BCUT2D eigenvalue weighted by Gasteiger charge is -2.12. The summed E-state index contributed by atoms with van der Waals surface area (Å²) in [5, 5.41) is 11.9. The summed E-state index contributed by atoms with van der Waals surface area (Å²) < 4.78 is 15.7. The average molecular weight is 403 g/mol. The number of hydrogen-bond acceptors (Lipinski definition) is 2. The molecule has 0 amide bonds. The van der Waals surface area contributed by atoms with Crippen molar-refractivity contribution < 1.29 is 4.39 Å². The third-order valence-electron chi connectivity index (χ3n) is 4.33. The molecule has 3 aromatic rings. The van der Waals surface area contributed by atoms with Gasteiger partial charge in [0.2, 0.25) is 0 Å². The first-order valence-corrected chi connectivity index (χ1v) is 9.25. The Morgan fingerprint density at radius 1 is 1.15 bits per heavy atom. The summed E-state index contributed by atoms with van der Waals surface area (Å²) in [6.07, 6.45) is 0. The zero-order chi connectivity index (χ0) is 19.6. The molecule has 0 saturated heterocycles. The normalized spacial score (nSPS) is 10.7. The Kier molecular flexibility index (Phi) is 5.77. The van der Waals surface area contributed by atoms with E-state index in [1.165, 1.54) is 6.07 Å². The van der Waals surface area contributed by atoms with Crippen LogP contribution in [0.4, 0.5) is 15.8 Å². The lowest BCUT2D eigenvalue weighted by atomic mass is 10.2. The van der Waals surface area contributed by atoms with E-state index in [1.54, 1.807) is 16.8 Å². The zero-order valence-electron chi connectivity index (χ0n) is 15.3. The fraction of sp³-hybridized carbons (Fsp3) is 0.200. The van der Waals surface area contributed by atoms with Gasteiger partial charge in [-0.2, -0.15) is 5.10 Å². The standard InChI is InChI=1S/C20H20ClFN4S/c1-12-8-9-16(10-17(12)21)23-20(27)24-19-13(2)25-26(14(19)3)11-15-6-4-5-7-18(15)22/h4-10H,11H2,1-3H3,(H2,23,24,27). The van der Waals surface area contributed by atoms with Crippen LogP contribution in [0.2, 0.25) is 5.02 Å². The van der Waals surface area contributed by atoms with Gasteiger partial charge in [0.25, 0.3) is 0 Å². The Morgan fingerprint density at radius 2 is 1.89 bits per heavy atom. The molecular weight excluding hydrogens is 383 g/mol. The monoisotopic (exact) mass is 402 g/mol. The Labute approximate surface area is 168 Å². The summed E-state index contributed by atoms with van der Waals surface area (Å²) >= 11 is 11.6. The highest BCUT2D eigenvalue weighted by Crippen LogP contribution is 2.23. The summed E-state index contributed by atoms with van der Waals surface area (Å²) in [6.45, 7) is 6.11. The van der Waals surface area contributed by atoms with Crippen molar-refractivity contribution >= 4 is 40.3 Å². The van der Waals surface area contributed by atoms with Crippen molar-refractivity contribution in [1.29, 1.82) is 0 Å². The summed E-state index contributed by atoms with van der Waals surface area (Å²) in [4.78, 5) is 0. The van der Waals surface area contributed by atoms with Crippen molar-refractivity contribution in [1.82, 2.24) is 9.78 Å². The second kappa shape index (κ2) is 8.06. The number of aromatic nitrogens is 2. The molecule has 1 aromatic heterocycles. The Bertz CT molecular complexity index is 1000. The lowest BCUT2D eigenvalue weighted by molar-refractivity contribution is 0.579. The van der Waals surface area contributed by atoms with E-state index in [-0.39, 0.29) is 5.82 Å². The molecule has 0 atom stereocenters. The van der Waals surface area contributed by atoms with E-state index in [1.807, 2.05) is 45.0 Å². The van der Waals surface area contributed by atoms with Crippen LogP contribution in [0, 0.1) is 26.6 Å². The third kappa shape index (κ3) is 4.46. The maximum Gasteiger partial charge on any atom is 0.175 e. The first kappa shape index (κ1) is 19.3. The summed E-state index contributed by atoms with van der Waals surface area (Å²) in [5.41, 5.74) is 4.86. The average Bonchev–Trinajstić information content (AvgIpc) is 2.88. The number of anilines is 2. The van der Waals surface area contributed by atoms with Gasteiger partial charge in [0.05, 0.1) is 23.6 Å². The maximum atomic E-state index is 13.9. The van der Waals surface area contributed by atoms with Crippen molar-refractivity contribution in [2.45, 2.75) is 27.3 Å². The van der Waals surface area contributed by atoms with Crippen LogP contribution in [0.5, 0.6) is 0 Å². The van der Waals surface area contributed by atoms with Crippen LogP contribution in [0.1, 0.15) is 22.5 Å². The van der Waals surface area contributed by atoms with Gasteiger partial charge in [-0.3, -0.25) is 4.68 Å². The quantitative estimate of drug-likeness (QED) is 0.569. The van der Waals surface area contributed by atoms with Crippen molar-refractivity contribution in [3.05, 3.63) is 75.8 Å². The summed E-state index contributed by atoms with van der Waals surface area (Å²) in [7, 11) is 0. The minimum absolute atomic E-state index is 0.243. The van der Waals surface area contributed by atoms with Gasteiger partial charge in [-0.25, -0.2) is 4.39 Å². The second-order valence-corrected chi connectivity index (χ2v) is 7.15. The number of halogens is 2. The molecule has 2 aromatic carbocycles. The number of benzene rings is 2. The fourth-order valence-corrected chi connectivity index (χ4v) is 3.17. The number of aryl methyl sites for hydroxylation is 2. The van der Waals surface area contributed by atoms with Gasteiger partial charge >= 0.3 is 0 Å². The summed E-state index contributed by atoms with van der Waals surface area (Å²) in [5.74, 6) is -0.243. The van der Waals surface area contributed by atoms with Crippen molar-refractivity contribution in [2.75, 3.05) is 10.6 Å². The molecule has 4 nitrogen and oxygen atoms in total. The highest BCUT2D eigenvalue weighted by molar-refractivity contribution is 7.80. The van der Waals surface area contributed by atoms with E-state index in [9.17, 15) is 4.39 Å². The van der Waals surface area contributed by atoms with Crippen LogP contribution in [0.15, 0.2) is 42.5 Å². The largest absolute Gasteiger partial charge is 0.332 e. The molecule has 0 saturated carbocycles. The van der Waals surface area contributed by atoms with E-state index in [0.717, 1.165) is 28.3 Å². The number of thiocarbonyl (C=S) groups is 1. The molecule has 140 valence electrons. The van der Waals surface area contributed by atoms with Gasteiger partial charge in [0.15, 0.2) is 5.11 Å². The first-order valence-electron chi connectivity index (χ1n) is 8.46. The molecule has 0 spiro atoms. The molecule has 0 aliphatic heterocycles. The molecular formula is C20H20ClFN4S. The highest BCUT2D eigenvalue weighted by Gasteiger charge is 2.14. The van der Waals surface area contributed by atoms with Crippen LogP contribution in [-0.2, 0) is 6.54 Å². The number of nitrogens with zero attached hydrogens (tertiary/aromatic N) is 2. The van der Waals surface area contributed by atoms with Gasteiger partial charge in [-0.05, 0) is 56.8 Å². The molecule has 1 heterocycles. The smallest absolute Gasteiger partial charge is 0.175 e. The van der Waals surface area contributed by atoms with Crippen LogP contribution >= 0.6 is 23.8 Å². The predicted octanol–water partition coefficient (Wildman–Crippen LogP) is 5.46. The lowest BCUT2D eigenvalue weighted by Crippen LogP contribution is -2.20. The Morgan fingerprint density at radius 3 is 2.59 bits per heavy atom. The van der Waals surface area contributed by atoms with E-state index in [4.69, 9.17) is 23.8 Å². The van der Waals surface area contributed by atoms with E-state index in [2.05, 4.69) is 15.7 Å². The van der Waals surface area contributed by atoms with Gasteiger partial charge < -0.3 is 10.6 Å². The second-order valence-electron chi connectivity index (χ2n) is 6.34. The van der Waals surface area contributed by atoms with Gasteiger partial charge in [-0.1, -0.05) is 35.9 Å². The third-order valence-corrected chi connectivity index (χ3v) is 4.94. The number of nitrogens with one attached hydrogen (secondary N) is 2. The Hall–Kier alpha value is -2.44. The molecule has 2 N–H and O–H groups in total. The molecule has 0 radical (unpaired) electrons. The maximum absolute atomic E-state index is 13.9. The molecule has 0 bridgehead atoms. The van der Waals surface area contributed by atoms with Gasteiger partial charge in [-0.15, -0.1) is 0 Å². The number of hydrogen-bond donors (Lipinski definition) is 2.